The number of rotatable bonds is 3. The minimum absolute atomic E-state index is 0. The average Bonchev–Trinajstić information content (AvgIpc) is 2.74. The molecular formula is C27H25N2O2Os. The first-order valence-corrected chi connectivity index (χ1v) is 10.1. The number of fused-ring (bicyclic) bond motifs is 1. The second-order valence-electron chi connectivity index (χ2n) is 7.59. The zero-order chi connectivity index (χ0) is 22.5. The maximum Gasteiger partial charge on any atom is 1.00 e. The average molecular weight is 600 g/mol. The molecule has 4 nitrogen and oxygen atoms in total. The van der Waals surface area contributed by atoms with E-state index in [0.29, 0.717) is 11.1 Å². The van der Waals surface area contributed by atoms with Gasteiger partial charge in [0.05, 0.1) is 5.69 Å². The van der Waals surface area contributed by atoms with Crippen molar-refractivity contribution < 1.29 is 29.4 Å². The summed E-state index contributed by atoms with van der Waals surface area (Å²) in [6.07, 6.45) is 0. The van der Waals surface area contributed by atoms with Crippen LogP contribution in [0.4, 0.5) is 0 Å². The standard InChI is InChI=1S/C17H15N2.C10H10O2.Os/c1-11-8-12(2)10-14(9-11)17-16-7-5-4-6-15(16)13(3)18-19-17;1-7(11)9-5-3-4-6-10(9)8(2)12;/h4-9H,1-3H3;3-6H,1-2H3;/q-1;;+1. The van der Waals surface area contributed by atoms with E-state index in [4.69, 9.17) is 0 Å². The second-order valence-corrected chi connectivity index (χ2v) is 7.59. The number of nitrogens with zero attached hydrogens (tertiary/aromatic N) is 2. The molecule has 4 aromatic rings. The third-order valence-electron chi connectivity index (χ3n) is 4.96. The summed E-state index contributed by atoms with van der Waals surface area (Å²) < 4.78 is 0. The first-order valence-electron chi connectivity index (χ1n) is 10.1. The number of ketones is 2. The topological polar surface area (TPSA) is 59.9 Å². The molecule has 0 amide bonds. The van der Waals surface area contributed by atoms with Crippen molar-refractivity contribution in [2.45, 2.75) is 34.6 Å². The first-order chi connectivity index (χ1) is 14.8. The molecule has 0 atom stereocenters. The van der Waals surface area contributed by atoms with Gasteiger partial charge in [-0.15, -0.1) is 34.9 Å². The van der Waals surface area contributed by atoms with Crippen molar-refractivity contribution in [3.05, 3.63) is 94.7 Å². The van der Waals surface area contributed by atoms with E-state index < -0.39 is 0 Å². The molecule has 163 valence electrons. The molecule has 0 N–H and O–H groups in total. The van der Waals surface area contributed by atoms with Crippen LogP contribution in [0, 0.1) is 26.8 Å². The van der Waals surface area contributed by atoms with E-state index in [1.165, 1.54) is 19.4 Å². The number of carbonyl (C=O) groups excluding carboxylic acids is 2. The Bertz CT molecular complexity index is 1230. The number of aromatic nitrogens is 2. The maximum atomic E-state index is 11.0. The zero-order valence-corrected chi connectivity index (χ0v) is 21.4. The molecule has 0 saturated carbocycles. The Morgan fingerprint density at radius 3 is 1.81 bits per heavy atom. The summed E-state index contributed by atoms with van der Waals surface area (Å²) in [7, 11) is 0. The molecule has 1 heterocycles. The third kappa shape index (κ3) is 5.81. The van der Waals surface area contributed by atoms with E-state index >= 15 is 0 Å². The Balaban J connectivity index is 0.000000244. The van der Waals surface area contributed by atoms with Gasteiger partial charge in [0.25, 0.3) is 0 Å². The summed E-state index contributed by atoms with van der Waals surface area (Å²) >= 11 is 0. The van der Waals surface area contributed by atoms with Gasteiger partial charge in [0.2, 0.25) is 0 Å². The van der Waals surface area contributed by atoms with Crippen LogP contribution < -0.4 is 0 Å². The van der Waals surface area contributed by atoms with Crippen LogP contribution in [0.2, 0.25) is 0 Å². The fourth-order valence-electron chi connectivity index (χ4n) is 3.56. The van der Waals surface area contributed by atoms with Crippen LogP contribution in [0.25, 0.3) is 22.0 Å². The number of benzene rings is 3. The largest absolute Gasteiger partial charge is 1.00 e. The molecule has 0 saturated heterocycles. The van der Waals surface area contributed by atoms with Gasteiger partial charge in [-0.3, -0.25) is 9.59 Å². The molecule has 0 fully saturated rings. The van der Waals surface area contributed by atoms with Crippen LogP contribution in [-0.2, 0) is 19.8 Å². The number of hydrogen-bond acceptors (Lipinski definition) is 4. The van der Waals surface area contributed by atoms with E-state index in [1.54, 1.807) is 24.3 Å². The number of Topliss-reactive ketones (excluding diaryl/α,β-unsaturated/α-hetero) is 2. The predicted octanol–water partition coefficient (Wildman–Crippen LogP) is 6.11. The van der Waals surface area contributed by atoms with Gasteiger partial charge in [0.15, 0.2) is 11.6 Å². The quantitative estimate of drug-likeness (QED) is 0.211. The van der Waals surface area contributed by atoms with Crippen molar-refractivity contribution in [3.8, 4) is 11.3 Å². The Morgan fingerprint density at radius 1 is 0.750 bits per heavy atom. The zero-order valence-electron chi connectivity index (χ0n) is 18.8. The molecule has 1 radical (unpaired) electrons. The summed E-state index contributed by atoms with van der Waals surface area (Å²) in [6.45, 7) is 9.06. The fraction of sp³-hybridized carbons (Fsp3) is 0.185. The van der Waals surface area contributed by atoms with Crippen LogP contribution in [-0.4, -0.2) is 21.8 Å². The van der Waals surface area contributed by atoms with Crippen molar-refractivity contribution in [2.24, 2.45) is 0 Å². The summed E-state index contributed by atoms with van der Waals surface area (Å²) in [4.78, 5) is 22.0. The number of aryl methyl sites for hydroxylation is 3. The Kier molecular flexibility index (Phi) is 8.69. The fourth-order valence-corrected chi connectivity index (χ4v) is 3.56. The van der Waals surface area contributed by atoms with Crippen LogP contribution in [0.3, 0.4) is 0 Å². The Hall–Kier alpha value is -3.02. The van der Waals surface area contributed by atoms with Crippen LogP contribution in [0.5, 0.6) is 0 Å². The van der Waals surface area contributed by atoms with Gasteiger partial charge in [-0.2, -0.15) is 5.10 Å². The van der Waals surface area contributed by atoms with E-state index in [2.05, 4.69) is 54.4 Å². The molecule has 0 aliphatic heterocycles. The molecule has 3 aromatic carbocycles. The molecule has 4 rings (SSSR count). The first kappa shape index (κ1) is 25.2. The molecule has 32 heavy (non-hydrogen) atoms. The molecule has 0 aliphatic carbocycles. The van der Waals surface area contributed by atoms with Gasteiger partial charge >= 0.3 is 19.8 Å². The van der Waals surface area contributed by atoms with E-state index in [-0.39, 0.29) is 31.4 Å². The normalized spacial score (nSPS) is 10.0. The number of hydrogen-bond donors (Lipinski definition) is 0. The van der Waals surface area contributed by atoms with Gasteiger partial charge in [-0.25, -0.2) is 5.10 Å². The SMILES string of the molecule is CC(=O)c1ccccc1C(C)=O.Cc1[c-]c(-c2nnc(C)c3ccccc23)cc(C)c1.[Os+]. The number of carbonyl (C=O) groups is 2. The predicted molar refractivity (Wildman–Crippen MR) is 124 cm³/mol. The van der Waals surface area contributed by atoms with E-state index in [9.17, 15) is 9.59 Å². The van der Waals surface area contributed by atoms with Crippen molar-refractivity contribution in [3.63, 3.8) is 0 Å². The minimum Gasteiger partial charge on any atom is -0.294 e. The third-order valence-corrected chi connectivity index (χ3v) is 4.96. The monoisotopic (exact) mass is 601 g/mol. The molecule has 0 bridgehead atoms. The molecule has 0 aliphatic rings. The van der Waals surface area contributed by atoms with E-state index in [0.717, 1.165) is 33.3 Å². The smallest absolute Gasteiger partial charge is 0.294 e. The van der Waals surface area contributed by atoms with Gasteiger partial charge in [-0.1, -0.05) is 62.4 Å². The van der Waals surface area contributed by atoms with Crippen molar-refractivity contribution >= 4 is 22.3 Å². The Labute approximate surface area is 202 Å². The van der Waals surface area contributed by atoms with Crippen LogP contribution in [0.1, 0.15) is 51.4 Å². The van der Waals surface area contributed by atoms with Gasteiger partial charge in [0, 0.05) is 16.8 Å². The van der Waals surface area contributed by atoms with Gasteiger partial charge in [-0.05, 0) is 31.5 Å². The summed E-state index contributed by atoms with van der Waals surface area (Å²) in [5.41, 5.74) is 6.24. The van der Waals surface area contributed by atoms with Crippen molar-refractivity contribution in [1.82, 2.24) is 10.2 Å². The molecule has 5 heteroatoms. The molecule has 0 unspecified atom stereocenters. The molecule has 1 aromatic heterocycles. The van der Waals surface area contributed by atoms with Gasteiger partial charge in [0.1, 0.15) is 0 Å². The van der Waals surface area contributed by atoms with Gasteiger partial charge < -0.3 is 0 Å². The van der Waals surface area contributed by atoms with Crippen molar-refractivity contribution in [1.29, 1.82) is 0 Å². The second kappa shape index (κ2) is 11.0. The summed E-state index contributed by atoms with van der Waals surface area (Å²) in [5.74, 6) is -0.137. The van der Waals surface area contributed by atoms with Crippen LogP contribution in [0.15, 0.2) is 60.7 Å². The van der Waals surface area contributed by atoms with E-state index in [1.807, 2.05) is 19.1 Å². The molecular weight excluding hydrogens is 575 g/mol. The summed E-state index contributed by atoms with van der Waals surface area (Å²) in [6, 6.07) is 22.7. The Morgan fingerprint density at radius 2 is 1.28 bits per heavy atom. The minimum atomic E-state index is -0.0687. The summed E-state index contributed by atoms with van der Waals surface area (Å²) in [5, 5.41) is 10.9. The maximum absolute atomic E-state index is 11.0. The van der Waals surface area contributed by atoms with Crippen LogP contribution >= 0.6 is 0 Å². The van der Waals surface area contributed by atoms with Crippen molar-refractivity contribution in [2.75, 3.05) is 0 Å². The molecule has 0 spiro atoms.